The molecule has 0 spiro atoms. The number of nitrogens with one attached hydrogen (secondary N) is 2. The average Bonchev–Trinajstić information content (AvgIpc) is 2.51. The summed E-state index contributed by atoms with van der Waals surface area (Å²) in [5.41, 5.74) is 7.05. The number of benzene rings is 1. The smallest absolute Gasteiger partial charge is 0.262 e. The zero-order valence-corrected chi connectivity index (χ0v) is 12.4. The average molecular weight is 286 g/mol. The first-order chi connectivity index (χ1) is 10.1. The van der Waals surface area contributed by atoms with Crippen molar-refractivity contribution >= 4 is 17.9 Å². The third kappa shape index (κ3) is 5.06. The van der Waals surface area contributed by atoms with Crippen molar-refractivity contribution in [2.24, 2.45) is 5.92 Å². The molecule has 0 aliphatic heterocycles. The van der Waals surface area contributed by atoms with Crippen LogP contribution in [0.5, 0.6) is 0 Å². The van der Waals surface area contributed by atoms with Crippen molar-refractivity contribution in [3.63, 3.8) is 0 Å². The van der Waals surface area contributed by atoms with E-state index >= 15 is 0 Å². The lowest BCUT2D eigenvalue weighted by Crippen LogP contribution is -2.44. The third-order valence-electron chi connectivity index (χ3n) is 3.75. The van der Waals surface area contributed by atoms with E-state index in [-0.39, 0.29) is 17.7 Å². The molecular formula is C17H22N2O2. The first-order valence-corrected chi connectivity index (χ1v) is 7.50. The highest BCUT2D eigenvalue weighted by atomic mass is 16.2. The number of carbonyl (C=O) groups is 2. The molecule has 1 aliphatic rings. The SMILES string of the molecule is Cc1cccc(/C=C/C(=O)NNC(=O)C2CCCCC2)c1. The van der Waals surface area contributed by atoms with Crippen molar-refractivity contribution in [2.75, 3.05) is 0 Å². The van der Waals surface area contributed by atoms with Gasteiger partial charge in [0.2, 0.25) is 5.91 Å². The molecule has 0 atom stereocenters. The molecule has 0 heterocycles. The van der Waals surface area contributed by atoms with Crippen LogP contribution in [0.2, 0.25) is 0 Å². The minimum atomic E-state index is -0.319. The molecule has 1 aliphatic carbocycles. The molecule has 2 rings (SSSR count). The molecule has 4 nitrogen and oxygen atoms in total. The molecule has 1 aromatic carbocycles. The molecule has 2 amide bonds. The first-order valence-electron chi connectivity index (χ1n) is 7.50. The van der Waals surface area contributed by atoms with Gasteiger partial charge >= 0.3 is 0 Å². The Bertz CT molecular complexity index is 531. The van der Waals surface area contributed by atoms with E-state index in [9.17, 15) is 9.59 Å². The Balaban J connectivity index is 1.77. The van der Waals surface area contributed by atoms with Crippen molar-refractivity contribution in [1.82, 2.24) is 10.9 Å². The molecule has 0 bridgehead atoms. The molecule has 2 N–H and O–H groups in total. The lowest BCUT2D eigenvalue weighted by molar-refractivity contribution is -0.130. The van der Waals surface area contributed by atoms with E-state index in [0.29, 0.717) is 0 Å². The summed E-state index contributed by atoms with van der Waals surface area (Å²) in [6, 6.07) is 7.86. The van der Waals surface area contributed by atoms with E-state index in [1.165, 1.54) is 12.5 Å². The van der Waals surface area contributed by atoms with Gasteiger partial charge in [-0.3, -0.25) is 20.4 Å². The standard InChI is InChI=1S/C17H22N2O2/c1-13-6-5-7-14(12-13)10-11-16(20)18-19-17(21)15-8-3-2-4-9-15/h5-7,10-12,15H,2-4,8-9H2,1H3,(H,18,20)(H,19,21)/b11-10+. The Morgan fingerprint density at radius 2 is 1.90 bits per heavy atom. The maximum absolute atomic E-state index is 11.9. The van der Waals surface area contributed by atoms with Gasteiger partial charge in [0.05, 0.1) is 0 Å². The largest absolute Gasteiger partial charge is 0.273 e. The van der Waals surface area contributed by atoms with Crippen molar-refractivity contribution in [1.29, 1.82) is 0 Å². The summed E-state index contributed by atoms with van der Waals surface area (Å²) in [5, 5.41) is 0. The highest BCUT2D eigenvalue weighted by Crippen LogP contribution is 2.23. The topological polar surface area (TPSA) is 58.2 Å². The fraction of sp³-hybridized carbons (Fsp3) is 0.412. The Hall–Kier alpha value is -2.10. The molecule has 0 saturated heterocycles. The lowest BCUT2D eigenvalue weighted by Gasteiger charge is -2.20. The van der Waals surface area contributed by atoms with E-state index in [1.807, 2.05) is 31.2 Å². The molecule has 1 fully saturated rings. The van der Waals surface area contributed by atoms with Crippen LogP contribution >= 0.6 is 0 Å². The van der Waals surface area contributed by atoms with Crippen molar-refractivity contribution in [3.05, 3.63) is 41.5 Å². The maximum atomic E-state index is 11.9. The van der Waals surface area contributed by atoms with Gasteiger partial charge in [0.15, 0.2) is 0 Å². The van der Waals surface area contributed by atoms with Crippen LogP contribution in [0.1, 0.15) is 43.2 Å². The molecule has 4 heteroatoms. The molecule has 1 aromatic rings. The molecule has 0 radical (unpaired) electrons. The number of hydrogen-bond donors (Lipinski definition) is 2. The number of hydrazine groups is 1. The minimum absolute atomic E-state index is 0.0415. The number of amides is 2. The van der Waals surface area contributed by atoms with Crippen LogP contribution in [0, 0.1) is 12.8 Å². The van der Waals surface area contributed by atoms with Crippen LogP contribution in [-0.4, -0.2) is 11.8 Å². The van der Waals surface area contributed by atoms with Gasteiger partial charge in [-0.25, -0.2) is 0 Å². The summed E-state index contributed by atoms with van der Waals surface area (Å²) in [7, 11) is 0. The second kappa shape index (κ2) is 7.62. The highest BCUT2D eigenvalue weighted by Gasteiger charge is 2.20. The van der Waals surface area contributed by atoms with E-state index in [1.54, 1.807) is 6.08 Å². The number of aryl methyl sites for hydroxylation is 1. The first kappa shape index (κ1) is 15.3. The Morgan fingerprint density at radius 3 is 2.62 bits per heavy atom. The fourth-order valence-electron chi connectivity index (χ4n) is 2.58. The zero-order chi connectivity index (χ0) is 15.1. The van der Waals surface area contributed by atoms with Crippen LogP contribution in [-0.2, 0) is 9.59 Å². The predicted octanol–water partition coefficient (Wildman–Crippen LogP) is 2.74. The van der Waals surface area contributed by atoms with Gasteiger partial charge in [-0.1, -0.05) is 49.1 Å². The number of carbonyl (C=O) groups excluding carboxylic acids is 2. The fourth-order valence-corrected chi connectivity index (χ4v) is 2.58. The van der Waals surface area contributed by atoms with Gasteiger partial charge in [0.25, 0.3) is 5.91 Å². The van der Waals surface area contributed by atoms with Crippen LogP contribution in [0.3, 0.4) is 0 Å². The lowest BCUT2D eigenvalue weighted by atomic mass is 9.89. The summed E-state index contributed by atoms with van der Waals surface area (Å²) in [6.45, 7) is 2.00. The van der Waals surface area contributed by atoms with Crippen LogP contribution in [0.4, 0.5) is 0 Å². The Morgan fingerprint density at radius 1 is 1.14 bits per heavy atom. The molecule has 0 unspecified atom stereocenters. The minimum Gasteiger partial charge on any atom is -0.273 e. The van der Waals surface area contributed by atoms with Crippen molar-refractivity contribution in [2.45, 2.75) is 39.0 Å². The Kier molecular flexibility index (Phi) is 5.55. The van der Waals surface area contributed by atoms with Gasteiger partial charge in [-0.15, -0.1) is 0 Å². The van der Waals surface area contributed by atoms with Crippen LogP contribution in [0.15, 0.2) is 30.3 Å². The second-order valence-electron chi connectivity index (χ2n) is 5.56. The molecule has 0 aromatic heterocycles. The van der Waals surface area contributed by atoms with Crippen molar-refractivity contribution in [3.8, 4) is 0 Å². The molecular weight excluding hydrogens is 264 g/mol. The molecule has 21 heavy (non-hydrogen) atoms. The normalized spacial score (nSPS) is 15.9. The summed E-state index contributed by atoms with van der Waals surface area (Å²) in [5.74, 6) is -0.354. The summed E-state index contributed by atoms with van der Waals surface area (Å²) in [6.07, 6.45) is 8.39. The summed E-state index contributed by atoms with van der Waals surface area (Å²) < 4.78 is 0. The van der Waals surface area contributed by atoms with Gasteiger partial charge in [0.1, 0.15) is 0 Å². The molecule has 112 valence electrons. The summed E-state index contributed by atoms with van der Waals surface area (Å²) in [4.78, 5) is 23.5. The molecule has 1 saturated carbocycles. The van der Waals surface area contributed by atoms with Gasteiger partial charge in [0, 0.05) is 12.0 Å². The maximum Gasteiger partial charge on any atom is 0.262 e. The zero-order valence-electron chi connectivity index (χ0n) is 12.4. The van der Waals surface area contributed by atoms with Gasteiger partial charge < -0.3 is 0 Å². The van der Waals surface area contributed by atoms with Crippen LogP contribution in [0.25, 0.3) is 6.08 Å². The predicted molar refractivity (Wildman–Crippen MR) is 83.1 cm³/mol. The number of rotatable bonds is 3. The van der Waals surface area contributed by atoms with Gasteiger partial charge in [-0.05, 0) is 31.4 Å². The van der Waals surface area contributed by atoms with Crippen LogP contribution < -0.4 is 10.9 Å². The van der Waals surface area contributed by atoms with Gasteiger partial charge in [-0.2, -0.15) is 0 Å². The third-order valence-corrected chi connectivity index (χ3v) is 3.75. The number of hydrogen-bond acceptors (Lipinski definition) is 2. The quantitative estimate of drug-likeness (QED) is 0.663. The summed E-state index contributed by atoms with van der Waals surface area (Å²) >= 11 is 0. The van der Waals surface area contributed by atoms with E-state index in [2.05, 4.69) is 10.9 Å². The highest BCUT2D eigenvalue weighted by molar-refractivity contribution is 5.93. The van der Waals surface area contributed by atoms with Crippen molar-refractivity contribution < 1.29 is 9.59 Å². The van der Waals surface area contributed by atoms with E-state index < -0.39 is 0 Å². The Labute approximate surface area is 125 Å². The van der Waals surface area contributed by atoms with E-state index in [4.69, 9.17) is 0 Å². The second-order valence-corrected chi connectivity index (χ2v) is 5.56. The van der Waals surface area contributed by atoms with E-state index in [0.717, 1.165) is 36.8 Å². The monoisotopic (exact) mass is 286 g/mol.